The standard InChI is InChI=1S/C29H36O5.C2H6/c1-29(2)27(33)24(11-5-3-4-6-12-26(31)32)25(28(29)34)18-17-23(30)16-14-20-13-15-21-9-7-8-10-22(21)19-20;1-2/h3,5,7-10,13,15,17-19,23-25,28,30,34H,4,6,11-12,14,16H2,1-2H3,(H,31,32);1-2H3/t23-,24+,25+,28-;/m0./s1. The van der Waals surface area contributed by atoms with E-state index in [9.17, 15) is 19.8 Å². The van der Waals surface area contributed by atoms with Crippen molar-refractivity contribution in [2.75, 3.05) is 0 Å². The third-order valence-electron chi connectivity index (χ3n) is 6.96. The average Bonchev–Trinajstić information content (AvgIpc) is 3.03. The van der Waals surface area contributed by atoms with Crippen molar-refractivity contribution in [3.8, 4) is 0 Å². The van der Waals surface area contributed by atoms with Crippen LogP contribution in [0.1, 0.15) is 65.4 Å². The van der Waals surface area contributed by atoms with Crippen LogP contribution in [0.5, 0.6) is 0 Å². The van der Waals surface area contributed by atoms with Crippen molar-refractivity contribution in [2.45, 2.75) is 78.4 Å². The molecule has 0 heterocycles. The van der Waals surface area contributed by atoms with E-state index < -0.39 is 23.6 Å². The molecule has 0 amide bonds. The molecule has 0 aromatic heterocycles. The lowest BCUT2D eigenvalue weighted by atomic mass is 9.86. The average molecular weight is 495 g/mol. The molecule has 0 saturated heterocycles. The molecule has 36 heavy (non-hydrogen) atoms. The fraction of sp³-hybridized carbons (Fsp3) is 0.484. The zero-order valence-electron chi connectivity index (χ0n) is 22.1. The van der Waals surface area contributed by atoms with Gasteiger partial charge in [-0.05, 0) is 48.4 Å². The lowest BCUT2D eigenvalue weighted by Crippen LogP contribution is -2.31. The second-order valence-corrected chi connectivity index (χ2v) is 9.88. The predicted octanol–water partition coefficient (Wildman–Crippen LogP) is 6.12. The van der Waals surface area contributed by atoms with Crippen molar-refractivity contribution in [2.24, 2.45) is 17.3 Å². The number of carbonyl (C=O) groups excluding carboxylic acids is 1. The van der Waals surface area contributed by atoms with E-state index in [0.717, 1.165) is 12.0 Å². The molecule has 0 spiro atoms. The quantitative estimate of drug-likeness (QED) is 0.258. The molecule has 5 nitrogen and oxygen atoms in total. The van der Waals surface area contributed by atoms with Gasteiger partial charge in [-0.15, -0.1) is 0 Å². The number of rotatable bonds is 11. The van der Waals surface area contributed by atoms with Crippen LogP contribution in [0.25, 0.3) is 10.8 Å². The summed E-state index contributed by atoms with van der Waals surface area (Å²) in [5, 5.41) is 32.5. The Morgan fingerprint density at radius 2 is 1.78 bits per heavy atom. The van der Waals surface area contributed by atoms with Crippen LogP contribution in [0.2, 0.25) is 0 Å². The van der Waals surface area contributed by atoms with Gasteiger partial charge in [-0.1, -0.05) is 94.5 Å². The van der Waals surface area contributed by atoms with Crippen molar-refractivity contribution in [3.63, 3.8) is 0 Å². The number of fused-ring (bicyclic) bond motifs is 1. The Balaban J connectivity index is 0.00000222. The number of carboxylic acids is 1. The van der Waals surface area contributed by atoms with Crippen LogP contribution in [0, 0.1) is 17.3 Å². The van der Waals surface area contributed by atoms with E-state index in [4.69, 9.17) is 5.11 Å². The van der Waals surface area contributed by atoms with Gasteiger partial charge in [0.25, 0.3) is 0 Å². The second-order valence-electron chi connectivity index (χ2n) is 9.88. The number of allylic oxidation sites excluding steroid dienone is 2. The topological polar surface area (TPSA) is 94.8 Å². The van der Waals surface area contributed by atoms with Gasteiger partial charge in [0.15, 0.2) is 0 Å². The van der Waals surface area contributed by atoms with Crippen LogP contribution in [-0.2, 0) is 16.0 Å². The van der Waals surface area contributed by atoms with Gasteiger partial charge in [-0.3, -0.25) is 9.59 Å². The van der Waals surface area contributed by atoms with Gasteiger partial charge < -0.3 is 15.3 Å². The van der Waals surface area contributed by atoms with Gasteiger partial charge in [0.05, 0.1) is 17.6 Å². The minimum absolute atomic E-state index is 0.0236. The molecular formula is C31H42O5. The number of Topliss-reactive ketones (excluding diaryl/α,β-unsaturated/α-hetero) is 1. The Morgan fingerprint density at radius 3 is 2.47 bits per heavy atom. The van der Waals surface area contributed by atoms with Crippen LogP contribution >= 0.6 is 0 Å². The number of carbonyl (C=O) groups is 2. The number of hydrogen-bond acceptors (Lipinski definition) is 4. The van der Waals surface area contributed by atoms with Crippen LogP contribution < -0.4 is 0 Å². The number of carboxylic acid groups (broad SMARTS) is 1. The Morgan fingerprint density at radius 1 is 1.08 bits per heavy atom. The first-order chi connectivity index (χ1) is 17.2. The summed E-state index contributed by atoms with van der Waals surface area (Å²) in [6.45, 7) is 7.54. The lowest BCUT2D eigenvalue weighted by molar-refractivity contribution is -0.137. The van der Waals surface area contributed by atoms with E-state index in [1.807, 2.05) is 44.2 Å². The Labute approximate surface area is 215 Å². The van der Waals surface area contributed by atoms with Gasteiger partial charge in [0, 0.05) is 18.3 Å². The van der Waals surface area contributed by atoms with Crippen molar-refractivity contribution in [1.82, 2.24) is 0 Å². The maximum atomic E-state index is 13.0. The molecule has 1 fully saturated rings. The highest BCUT2D eigenvalue weighted by Gasteiger charge is 2.52. The van der Waals surface area contributed by atoms with Gasteiger partial charge in [0.1, 0.15) is 5.78 Å². The first kappa shape index (κ1) is 29.5. The fourth-order valence-electron chi connectivity index (χ4n) is 4.80. The molecule has 0 aliphatic heterocycles. The van der Waals surface area contributed by atoms with E-state index in [1.54, 1.807) is 19.9 Å². The fourth-order valence-corrected chi connectivity index (χ4v) is 4.80. The number of aliphatic hydroxyl groups is 2. The largest absolute Gasteiger partial charge is 0.481 e. The summed E-state index contributed by atoms with van der Waals surface area (Å²) in [6, 6.07) is 14.5. The monoisotopic (exact) mass is 494 g/mol. The molecule has 0 unspecified atom stereocenters. The maximum absolute atomic E-state index is 13.0. The van der Waals surface area contributed by atoms with Crippen LogP contribution in [-0.4, -0.2) is 39.3 Å². The first-order valence-electron chi connectivity index (χ1n) is 13.1. The Hall–Kier alpha value is -2.76. The Bertz CT molecular complexity index is 1050. The SMILES string of the molecule is CC.CC1(C)C(=O)[C@H](CC=CCCCC(=O)O)[C@@H](C=C[C@@H](O)CCc2ccc3ccccc3c2)[C@@H]1O. The van der Waals surface area contributed by atoms with Gasteiger partial charge in [-0.2, -0.15) is 0 Å². The maximum Gasteiger partial charge on any atom is 0.303 e. The zero-order chi connectivity index (χ0) is 26.7. The molecule has 1 saturated carbocycles. The third-order valence-corrected chi connectivity index (χ3v) is 6.96. The smallest absolute Gasteiger partial charge is 0.303 e. The number of aliphatic carboxylic acids is 1. The molecule has 1 aliphatic rings. The number of aliphatic hydroxyl groups excluding tert-OH is 2. The molecule has 2 aromatic carbocycles. The van der Waals surface area contributed by atoms with Crippen molar-refractivity contribution >= 4 is 22.5 Å². The first-order valence-corrected chi connectivity index (χ1v) is 13.1. The number of ketones is 1. The zero-order valence-corrected chi connectivity index (χ0v) is 22.1. The van der Waals surface area contributed by atoms with Crippen LogP contribution in [0.15, 0.2) is 66.8 Å². The molecule has 3 N–H and O–H groups in total. The van der Waals surface area contributed by atoms with E-state index in [0.29, 0.717) is 25.7 Å². The molecule has 0 radical (unpaired) electrons. The Kier molecular flexibility index (Phi) is 11.5. The number of unbranched alkanes of at least 4 members (excludes halogenated alkanes) is 1. The molecular weight excluding hydrogens is 452 g/mol. The molecule has 1 aliphatic carbocycles. The second kappa shape index (κ2) is 14.1. The van der Waals surface area contributed by atoms with Crippen molar-refractivity contribution in [3.05, 3.63) is 72.3 Å². The molecule has 3 rings (SSSR count). The normalized spacial score (nSPS) is 22.2. The van der Waals surface area contributed by atoms with E-state index in [2.05, 4.69) is 30.3 Å². The van der Waals surface area contributed by atoms with Gasteiger partial charge >= 0.3 is 5.97 Å². The summed E-state index contributed by atoms with van der Waals surface area (Å²) in [5.41, 5.74) is 0.321. The molecule has 196 valence electrons. The number of aryl methyl sites for hydroxylation is 1. The van der Waals surface area contributed by atoms with E-state index in [1.165, 1.54) is 10.8 Å². The number of hydrogen-bond donors (Lipinski definition) is 3. The van der Waals surface area contributed by atoms with Crippen molar-refractivity contribution < 1.29 is 24.9 Å². The molecule has 2 aromatic rings. The van der Waals surface area contributed by atoms with Crippen LogP contribution in [0.4, 0.5) is 0 Å². The van der Waals surface area contributed by atoms with Gasteiger partial charge in [-0.25, -0.2) is 0 Å². The lowest BCUT2D eigenvalue weighted by Gasteiger charge is -2.22. The number of benzene rings is 2. The summed E-state index contributed by atoms with van der Waals surface area (Å²) in [5.74, 6) is -1.50. The van der Waals surface area contributed by atoms with Crippen molar-refractivity contribution in [1.29, 1.82) is 0 Å². The minimum atomic E-state index is -0.840. The van der Waals surface area contributed by atoms with E-state index in [-0.39, 0.29) is 24.0 Å². The summed E-state index contributed by atoms with van der Waals surface area (Å²) >= 11 is 0. The van der Waals surface area contributed by atoms with Gasteiger partial charge in [0.2, 0.25) is 0 Å². The highest BCUT2D eigenvalue weighted by molar-refractivity contribution is 5.90. The summed E-state index contributed by atoms with van der Waals surface area (Å²) < 4.78 is 0. The predicted molar refractivity (Wildman–Crippen MR) is 146 cm³/mol. The summed E-state index contributed by atoms with van der Waals surface area (Å²) in [7, 11) is 0. The van der Waals surface area contributed by atoms with E-state index >= 15 is 0 Å². The minimum Gasteiger partial charge on any atom is -0.481 e. The highest BCUT2D eigenvalue weighted by atomic mass is 16.4. The molecule has 0 bridgehead atoms. The molecule has 5 heteroatoms. The summed E-state index contributed by atoms with van der Waals surface area (Å²) in [4.78, 5) is 23.6. The van der Waals surface area contributed by atoms with Crippen LogP contribution in [0.3, 0.4) is 0 Å². The molecule has 4 atom stereocenters. The third kappa shape index (κ3) is 7.87. The summed E-state index contributed by atoms with van der Waals surface area (Å²) in [6.07, 6.45) is 8.99. The highest BCUT2D eigenvalue weighted by Crippen LogP contribution is 2.44.